The normalized spacial score (nSPS) is 11.6. The van der Waals surface area contributed by atoms with Crippen molar-refractivity contribution in [2.45, 2.75) is 32.9 Å². The summed E-state index contributed by atoms with van der Waals surface area (Å²) >= 11 is 0. The molecule has 0 aliphatic carbocycles. The minimum Gasteiger partial charge on any atom is -0.350 e. The lowest BCUT2D eigenvalue weighted by Crippen LogP contribution is -2.36. The van der Waals surface area contributed by atoms with Gasteiger partial charge in [-0.1, -0.05) is 42.5 Å². The van der Waals surface area contributed by atoms with Crippen LogP contribution in [0.4, 0.5) is 4.39 Å². The Morgan fingerprint density at radius 1 is 1.03 bits per heavy atom. The molecular formula is C24H25FN4O2. The van der Waals surface area contributed by atoms with Crippen LogP contribution in [0.1, 0.15) is 46.7 Å². The monoisotopic (exact) mass is 420 g/mol. The number of carbonyl (C=O) groups excluding carboxylic acids is 2. The summed E-state index contributed by atoms with van der Waals surface area (Å²) in [4.78, 5) is 35.3. The van der Waals surface area contributed by atoms with Gasteiger partial charge in [0.25, 0.3) is 5.91 Å². The highest BCUT2D eigenvalue weighted by Gasteiger charge is 2.20. The summed E-state index contributed by atoms with van der Waals surface area (Å²) < 4.78 is 13.2. The molecular weight excluding hydrogens is 395 g/mol. The molecule has 0 aliphatic rings. The predicted molar refractivity (Wildman–Crippen MR) is 116 cm³/mol. The quantitative estimate of drug-likeness (QED) is 0.601. The van der Waals surface area contributed by atoms with Crippen LogP contribution < -0.4 is 5.32 Å². The van der Waals surface area contributed by atoms with Crippen LogP contribution in [-0.2, 0) is 11.3 Å². The molecule has 0 bridgehead atoms. The van der Waals surface area contributed by atoms with Crippen LogP contribution in [0.5, 0.6) is 0 Å². The summed E-state index contributed by atoms with van der Waals surface area (Å²) in [6.07, 6.45) is 3.08. The highest BCUT2D eigenvalue weighted by molar-refractivity contribution is 5.92. The number of nitrogens with one attached hydrogen (secondary N) is 1. The predicted octanol–water partition coefficient (Wildman–Crippen LogP) is 3.83. The van der Waals surface area contributed by atoms with Crippen molar-refractivity contribution in [3.63, 3.8) is 0 Å². The largest absolute Gasteiger partial charge is 0.350 e. The molecule has 0 saturated carbocycles. The molecule has 6 nitrogen and oxygen atoms in total. The average molecular weight is 420 g/mol. The highest BCUT2D eigenvalue weighted by atomic mass is 19.1. The highest BCUT2D eigenvalue weighted by Crippen LogP contribution is 2.13. The van der Waals surface area contributed by atoms with Gasteiger partial charge in [-0.2, -0.15) is 0 Å². The standard InChI is InChI=1S/C24H25FN4O2/c1-17-14-27-22(15-26-17)24(31)29(16-19-8-10-21(25)11-9-19)13-12-23(30)28-18(2)20-6-4-3-5-7-20/h3-11,14-15,18H,12-13,16H2,1-2H3,(H,28,30)/t18-/m0/s1. The molecule has 3 aromatic rings. The van der Waals surface area contributed by atoms with Crippen molar-refractivity contribution >= 4 is 11.8 Å². The van der Waals surface area contributed by atoms with Crippen LogP contribution in [0.15, 0.2) is 67.0 Å². The molecule has 0 spiro atoms. The van der Waals surface area contributed by atoms with Crippen LogP contribution in [0.3, 0.4) is 0 Å². The Morgan fingerprint density at radius 2 is 1.74 bits per heavy atom. The van der Waals surface area contributed by atoms with E-state index in [1.165, 1.54) is 29.4 Å². The Kier molecular flexibility index (Phi) is 7.43. The number of rotatable bonds is 8. The fourth-order valence-electron chi connectivity index (χ4n) is 3.10. The fourth-order valence-corrected chi connectivity index (χ4v) is 3.10. The molecule has 0 fully saturated rings. The fraction of sp³-hybridized carbons (Fsp3) is 0.250. The molecule has 3 rings (SSSR count). The van der Waals surface area contributed by atoms with E-state index < -0.39 is 0 Å². The molecule has 31 heavy (non-hydrogen) atoms. The maximum absolute atomic E-state index is 13.2. The number of nitrogens with zero attached hydrogens (tertiary/aromatic N) is 3. The molecule has 0 aliphatic heterocycles. The first-order valence-corrected chi connectivity index (χ1v) is 10.1. The summed E-state index contributed by atoms with van der Waals surface area (Å²) in [6, 6.07) is 15.4. The van der Waals surface area contributed by atoms with Gasteiger partial charge in [-0.25, -0.2) is 9.37 Å². The molecule has 1 aromatic heterocycles. The van der Waals surface area contributed by atoms with Gasteiger partial charge in [0.05, 0.1) is 17.9 Å². The zero-order valence-corrected chi connectivity index (χ0v) is 17.6. The summed E-state index contributed by atoms with van der Waals surface area (Å²) in [7, 11) is 0. The summed E-state index contributed by atoms with van der Waals surface area (Å²) in [5, 5.41) is 2.95. The van der Waals surface area contributed by atoms with E-state index in [2.05, 4.69) is 15.3 Å². The number of halogens is 1. The first-order valence-electron chi connectivity index (χ1n) is 10.1. The minimum atomic E-state index is -0.347. The summed E-state index contributed by atoms with van der Waals surface area (Å²) in [5.41, 5.74) is 2.67. The van der Waals surface area contributed by atoms with Gasteiger partial charge >= 0.3 is 0 Å². The molecule has 0 saturated heterocycles. The Bertz CT molecular complexity index is 1010. The van der Waals surface area contributed by atoms with Crippen LogP contribution in [0, 0.1) is 12.7 Å². The molecule has 1 atom stereocenters. The lowest BCUT2D eigenvalue weighted by Gasteiger charge is -2.23. The third kappa shape index (κ3) is 6.44. The number of hydrogen-bond donors (Lipinski definition) is 1. The van der Waals surface area contributed by atoms with Gasteiger partial charge in [-0.05, 0) is 37.1 Å². The van der Waals surface area contributed by atoms with Crippen LogP contribution >= 0.6 is 0 Å². The number of aryl methyl sites for hydroxylation is 1. The molecule has 1 N–H and O–H groups in total. The molecule has 2 amide bonds. The van der Waals surface area contributed by atoms with Crippen molar-refractivity contribution in [2.75, 3.05) is 6.54 Å². The maximum Gasteiger partial charge on any atom is 0.274 e. The van der Waals surface area contributed by atoms with Crippen molar-refractivity contribution in [2.24, 2.45) is 0 Å². The van der Waals surface area contributed by atoms with Crippen molar-refractivity contribution in [1.82, 2.24) is 20.2 Å². The van der Waals surface area contributed by atoms with Crippen LogP contribution in [0.2, 0.25) is 0 Å². The second-order valence-corrected chi connectivity index (χ2v) is 7.35. The van der Waals surface area contributed by atoms with Crippen LogP contribution in [-0.4, -0.2) is 33.2 Å². The third-order valence-corrected chi connectivity index (χ3v) is 4.86. The SMILES string of the molecule is Cc1cnc(C(=O)N(CCC(=O)N[C@@H](C)c2ccccc2)Cc2ccc(F)cc2)cn1. The topological polar surface area (TPSA) is 75.2 Å². The molecule has 7 heteroatoms. The van der Waals surface area contributed by atoms with Gasteiger partial charge in [-0.15, -0.1) is 0 Å². The first-order chi connectivity index (χ1) is 14.9. The molecule has 0 radical (unpaired) electrons. The smallest absolute Gasteiger partial charge is 0.274 e. The Hall–Kier alpha value is -3.61. The second-order valence-electron chi connectivity index (χ2n) is 7.35. The van der Waals surface area contributed by atoms with E-state index in [1.807, 2.05) is 37.3 Å². The second kappa shape index (κ2) is 10.4. The summed E-state index contributed by atoms with van der Waals surface area (Å²) in [5.74, 6) is -0.843. The lowest BCUT2D eigenvalue weighted by atomic mass is 10.1. The van der Waals surface area contributed by atoms with Gasteiger partial charge in [0, 0.05) is 25.7 Å². The van der Waals surface area contributed by atoms with Gasteiger partial charge in [0.15, 0.2) is 0 Å². The van der Waals surface area contributed by atoms with E-state index in [0.29, 0.717) is 5.69 Å². The third-order valence-electron chi connectivity index (χ3n) is 4.86. The number of benzene rings is 2. The Balaban J connectivity index is 1.68. The number of hydrogen-bond acceptors (Lipinski definition) is 4. The Labute approximate surface area is 181 Å². The van der Waals surface area contributed by atoms with Gasteiger partial charge in [-0.3, -0.25) is 14.6 Å². The first kappa shape index (κ1) is 22.1. The van der Waals surface area contributed by atoms with Crippen molar-refractivity contribution in [1.29, 1.82) is 0 Å². The van der Waals surface area contributed by atoms with E-state index in [9.17, 15) is 14.0 Å². The van der Waals surface area contributed by atoms with E-state index in [4.69, 9.17) is 0 Å². The zero-order valence-electron chi connectivity index (χ0n) is 17.6. The lowest BCUT2D eigenvalue weighted by molar-refractivity contribution is -0.121. The van der Waals surface area contributed by atoms with Gasteiger partial charge in [0.1, 0.15) is 11.5 Å². The average Bonchev–Trinajstić information content (AvgIpc) is 2.78. The minimum absolute atomic E-state index is 0.128. The molecule has 1 heterocycles. The van der Waals surface area contributed by atoms with E-state index in [1.54, 1.807) is 19.1 Å². The number of carbonyl (C=O) groups is 2. The van der Waals surface area contributed by atoms with E-state index in [0.717, 1.165) is 11.1 Å². The maximum atomic E-state index is 13.2. The van der Waals surface area contributed by atoms with Crippen LogP contribution in [0.25, 0.3) is 0 Å². The summed E-state index contributed by atoms with van der Waals surface area (Å²) in [6.45, 7) is 4.13. The van der Waals surface area contributed by atoms with E-state index >= 15 is 0 Å². The van der Waals surface area contributed by atoms with Crippen molar-refractivity contribution in [3.8, 4) is 0 Å². The van der Waals surface area contributed by atoms with Crippen molar-refractivity contribution in [3.05, 3.63) is 95.3 Å². The van der Waals surface area contributed by atoms with E-state index in [-0.39, 0.29) is 48.9 Å². The molecule has 0 unspecified atom stereocenters. The number of aromatic nitrogens is 2. The molecule has 160 valence electrons. The van der Waals surface area contributed by atoms with Crippen molar-refractivity contribution < 1.29 is 14.0 Å². The number of amides is 2. The van der Waals surface area contributed by atoms with Gasteiger partial charge in [0.2, 0.25) is 5.91 Å². The molecule has 2 aromatic carbocycles. The van der Waals surface area contributed by atoms with Gasteiger partial charge < -0.3 is 10.2 Å². The Morgan fingerprint density at radius 3 is 2.39 bits per heavy atom. The zero-order chi connectivity index (χ0) is 22.2.